The Morgan fingerprint density at radius 2 is 1.72 bits per heavy atom. The number of rotatable bonds is 3. The van der Waals surface area contributed by atoms with E-state index in [-0.39, 0.29) is 5.57 Å². The summed E-state index contributed by atoms with van der Waals surface area (Å²) in [5, 5.41) is 2.18. The second-order valence-corrected chi connectivity index (χ2v) is 5.86. The summed E-state index contributed by atoms with van der Waals surface area (Å²) in [7, 11) is 3.62. The lowest BCUT2D eigenvalue weighted by Gasteiger charge is -2.26. The molecule has 7 heteroatoms. The highest BCUT2D eigenvalue weighted by Gasteiger charge is 2.37. The Labute approximate surface area is 144 Å². The van der Waals surface area contributed by atoms with Crippen molar-refractivity contribution in [3.8, 4) is 0 Å². The molecule has 0 unspecified atom stereocenters. The van der Waals surface area contributed by atoms with Gasteiger partial charge in [-0.15, -0.1) is 0 Å². The van der Waals surface area contributed by atoms with Crippen LogP contribution >= 0.6 is 0 Å². The Bertz CT molecular complexity index is 878. The van der Waals surface area contributed by atoms with Gasteiger partial charge in [0.2, 0.25) is 0 Å². The standard InChI is InChI=1S/C18H17N3O4/c1-11-4-6-12(7-5-11)21-17(23)14(16(22)19-18(21)24)10-13-8-9-15(25-13)20(2)3/h4-10H,1-3H3,(H,19,22,24)/b14-10-. The maximum Gasteiger partial charge on any atom is 0.335 e. The lowest BCUT2D eigenvalue weighted by Crippen LogP contribution is -2.54. The molecule has 1 aliphatic heterocycles. The molecule has 128 valence electrons. The molecule has 0 bridgehead atoms. The quantitative estimate of drug-likeness (QED) is 0.685. The van der Waals surface area contributed by atoms with Gasteiger partial charge in [-0.3, -0.25) is 14.9 Å². The van der Waals surface area contributed by atoms with Crippen LogP contribution in [0.2, 0.25) is 0 Å². The Kier molecular flexibility index (Phi) is 4.14. The summed E-state index contributed by atoms with van der Waals surface area (Å²) >= 11 is 0. The molecule has 4 amide bonds. The van der Waals surface area contributed by atoms with Gasteiger partial charge in [-0.25, -0.2) is 9.69 Å². The Morgan fingerprint density at radius 1 is 1.04 bits per heavy atom. The van der Waals surface area contributed by atoms with E-state index in [0.717, 1.165) is 10.5 Å². The zero-order chi connectivity index (χ0) is 18.1. The van der Waals surface area contributed by atoms with Gasteiger partial charge >= 0.3 is 6.03 Å². The van der Waals surface area contributed by atoms with Crippen LogP contribution in [0.15, 0.2) is 46.4 Å². The molecular formula is C18H17N3O4. The summed E-state index contributed by atoms with van der Waals surface area (Å²) in [5.74, 6) is -0.510. The van der Waals surface area contributed by atoms with Gasteiger partial charge in [-0.1, -0.05) is 17.7 Å². The minimum atomic E-state index is -0.774. The number of aryl methyl sites for hydroxylation is 1. The monoisotopic (exact) mass is 339 g/mol. The number of hydrogen-bond donors (Lipinski definition) is 1. The van der Waals surface area contributed by atoms with E-state index in [1.165, 1.54) is 6.08 Å². The highest BCUT2D eigenvalue weighted by Crippen LogP contribution is 2.24. The highest BCUT2D eigenvalue weighted by atomic mass is 16.4. The van der Waals surface area contributed by atoms with Gasteiger partial charge in [0.05, 0.1) is 5.69 Å². The van der Waals surface area contributed by atoms with Crippen molar-refractivity contribution in [1.82, 2.24) is 5.32 Å². The summed E-state index contributed by atoms with van der Waals surface area (Å²) < 4.78 is 5.54. The first-order valence-electron chi connectivity index (χ1n) is 7.62. The Balaban J connectivity index is 1.97. The molecule has 0 aliphatic carbocycles. The van der Waals surface area contributed by atoms with E-state index in [0.29, 0.717) is 17.3 Å². The summed E-state index contributed by atoms with van der Waals surface area (Å²) in [6, 6.07) is 9.46. The van der Waals surface area contributed by atoms with Crippen molar-refractivity contribution in [1.29, 1.82) is 0 Å². The Hall–Kier alpha value is -3.35. The average Bonchev–Trinajstić information content (AvgIpc) is 3.02. The van der Waals surface area contributed by atoms with Crippen LogP contribution in [0.5, 0.6) is 0 Å². The fourth-order valence-electron chi connectivity index (χ4n) is 2.39. The number of barbiturate groups is 1. The van der Waals surface area contributed by atoms with Crippen molar-refractivity contribution in [3.05, 3.63) is 53.3 Å². The third-order valence-electron chi connectivity index (χ3n) is 3.73. The number of nitrogens with zero attached hydrogens (tertiary/aromatic N) is 2. The van der Waals surface area contributed by atoms with E-state index in [2.05, 4.69) is 5.32 Å². The second kappa shape index (κ2) is 6.27. The molecule has 1 fully saturated rings. The van der Waals surface area contributed by atoms with Crippen LogP contribution in [0.25, 0.3) is 6.08 Å². The summed E-state index contributed by atoms with van der Waals surface area (Å²) in [4.78, 5) is 39.6. The third kappa shape index (κ3) is 3.16. The molecule has 7 nitrogen and oxygen atoms in total. The minimum absolute atomic E-state index is 0.167. The number of benzene rings is 1. The number of carbonyl (C=O) groups excluding carboxylic acids is 3. The lowest BCUT2D eigenvalue weighted by atomic mass is 10.1. The number of imide groups is 2. The molecule has 2 aromatic rings. The predicted octanol–water partition coefficient (Wildman–Crippen LogP) is 2.32. The normalized spacial score (nSPS) is 16.4. The lowest BCUT2D eigenvalue weighted by molar-refractivity contribution is -0.122. The number of urea groups is 1. The maximum absolute atomic E-state index is 12.7. The molecule has 2 heterocycles. The first kappa shape index (κ1) is 16.5. The number of anilines is 2. The number of hydrogen-bond acceptors (Lipinski definition) is 5. The largest absolute Gasteiger partial charge is 0.441 e. The summed E-state index contributed by atoms with van der Waals surface area (Å²) in [5.41, 5.74) is 1.21. The maximum atomic E-state index is 12.7. The van der Waals surface area contributed by atoms with Crippen LogP contribution in [0.3, 0.4) is 0 Å². The van der Waals surface area contributed by atoms with Crippen LogP contribution in [0, 0.1) is 6.92 Å². The van der Waals surface area contributed by atoms with Crippen molar-refractivity contribution < 1.29 is 18.8 Å². The van der Waals surface area contributed by atoms with Crippen LogP contribution in [-0.2, 0) is 9.59 Å². The van der Waals surface area contributed by atoms with Crippen LogP contribution in [0.1, 0.15) is 11.3 Å². The zero-order valence-electron chi connectivity index (χ0n) is 14.1. The van der Waals surface area contributed by atoms with Crippen LogP contribution < -0.4 is 15.1 Å². The number of amides is 4. The van der Waals surface area contributed by atoms with Gasteiger partial charge in [0.15, 0.2) is 5.88 Å². The van der Waals surface area contributed by atoms with E-state index < -0.39 is 17.8 Å². The highest BCUT2D eigenvalue weighted by molar-refractivity contribution is 6.39. The van der Waals surface area contributed by atoms with E-state index in [1.807, 2.05) is 21.0 Å². The number of furan rings is 1. The van der Waals surface area contributed by atoms with E-state index in [4.69, 9.17) is 4.42 Å². The van der Waals surface area contributed by atoms with Crippen molar-refractivity contribution >= 4 is 35.5 Å². The van der Waals surface area contributed by atoms with Gasteiger partial charge in [0.25, 0.3) is 11.8 Å². The van der Waals surface area contributed by atoms with Crippen molar-refractivity contribution in [2.24, 2.45) is 0 Å². The first-order valence-corrected chi connectivity index (χ1v) is 7.62. The number of nitrogens with one attached hydrogen (secondary N) is 1. The third-order valence-corrected chi connectivity index (χ3v) is 3.73. The topological polar surface area (TPSA) is 82.9 Å². The zero-order valence-corrected chi connectivity index (χ0v) is 14.1. The fourth-order valence-corrected chi connectivity index (χ4v) is 2.39. The molecule has 1 saturated heterocycles. The molecule has 0 radical (unpaired) electrons. The van der Waals surface area contributed by atoms with Gasteiger partial charge in [-0.05, 0) is 31.2 Å². The molecule has 1 aromatic heterocycles. The van der Waals surface area contributed by atoms with E-state index in [1.54, 1.807) is 41.3 Å². The van der Waals surface area contributed by atoms with E-state index >= 15 is 0 Å². The van der Waals surface area contributed by atoms with Gasteiger partial charge in [0, 0.05) is 20.2 Å². The molecule has 0 spiro atoms. The van der Waals surface area contributed by atoms with Crippen molar-refractivity contribution in [3.63, 3.8) is 0 Å². The molecular weight excluding hydrogens is 322 g/mol. The molecule has 1 aliphatic rings. The first-order chi connectivity index (χ1) is 11.9. The molecule has 25 heavy (non-hydrogen) atoms. The fraction of sp³-hybridized carbons (Fsp3) is 0.167. The predicted molar refractivity (Wildman–Crippen MR) is 93.2 cm³/mol. The second-order valence-electron chi connectivity index (χ2n) is 5.86. The van der Waals surface area contributed by atoms with Crippen LogP contribution in [0.4, 0.5) is 16.4 Å². The van der Waals surface area contributed by atoms with Gasteiger partial charge in [-0.2, -0.15) is 0 Å². The van der Waals surface area contributed by atoms with Crippen molar-refractivity contribution in [2.75, 3.05) is 23.9 Å². The van der Waals surface area contributed by atoms with E-state index in [9.17, 15) is 14.4 Å². The van der Waals surface area contributed by atoms with Gasteiger partial charge in [0.1, 0.15) is 11.3 Å². The molecule has 0 saturated carbocycles. The van der Waals surface area contributed by atoms with Gasteiger partial charge < -0.3 is 9.32 Å². The Morgan fingerprint density at radius 3 is 2.32 bits per heavy atom. The van der Waals surface area contributed by atoms with Crippen LogP contribution in [-0.4, -0.2) is 31.9 Å². The molecule has 1 aromatic carbocycles. The molecule has 1 N–H and O–H groups in total. The van der Waals surface area contributed by atoms with Crippen molar-refractivity contribution in [2.45, 2.75) is 6.92 Å². The summed E-state index contributed by atoms with van der Waals surface area (Å²) in [6.07, 6.45) is 1.33. The summed E-state index contributed by atoms with van der Waals surface area (Å²) in [6.45, 7) is 1.90. The molecule has 0 atom stereocenters. The molecule has 3 rings (SSSR count). The SMILES string of the molecule is Cc1ccc(N2C(=O)NC(=O)/C(=C/c3ccc(N(C)C)o3)C2=O)cc1. The average molecular weight is 339 g/mol. The number of carbonyl (C=O) groups is 3. The minimum Gasteiger partial charge on any atom is -0.441 e. The smallest absolute Gasteiger partial charge is 0.335 e.